The molecule has 1 aromatic carbocycles. The number of benzene rings is 1. The maximum Gasteiger partial charge on any atom is 0.243 e. The SMILES string of the molecule is C=CCN1c2cccc3[nH]cc(c23)C[C@@H](CO)NC(=O)[C@@H]1C(C)C. The van der Waals surface area contributed by atoms with Crippen LogP contribution in [-0.2, 0) is 11.2 Å². The molecule has 2 aromatic rings. The Bertz CT molecular complexity index is 750. The fourth-order valence-electron chi connectivity index (χ4n) is 3.65. The van der Waals surface area contributed by atoms with E-state index in [4.69, 9.17) is 0 Å². The van der Waals surface area contributed by atoms with E-state index in [0.29, 0.717) is 13.0 Å². The van der Waals surface area contributed by atoms with Crippen LogP contribution in [0.2, 0.25) is 0 Å². The van der Waals surface area contributed by atoms with Crippen molar-refractivity contribution in [2.75, 3.05) is 18.1 Å². The summed E-state index contributed by atoms with van der Waals surface area (Å²) in [6.45, 7) is 8.47. The van der Waals surface area contributed by atoms with E-state index in [0.717, 1.165) is 22.2 Å². The molecule has 3 N–H and O–H groups in total. The quantitative estimate of drug-likeness (QED) is 0.754. The summed E-state index contributed by atoms with van der Waals surface area (Å²) in [5, 5.41) is 13.8. The average molecular weight is 327 g/mol. The Balaban J connectivity index is 2.24. The van der Waals surface area contributed by atoms with E-state index in [1.165, 1.54) is 0 Å². The number of carbonyl (C=O) groups is 1. The highest BCUT2D eigenvalue weighted by Gasteiger charge is 2.33. The molecule has 1 aliphatic heterocycles. The summed E-state index contributed by atoms with van der Waals surface area (Å²) in [6, 6.07) is 5.51. The van der Waals surface area contributed by atoms with E-state index >= 15 is 0 Å². The highest BCUT2D eigenvalue weighted by molar-refractivity contribution is 5.98. The van der Waals surface area contributed by atoms with Gasteiger partial charge in [-0.25, -0.2) is 0 Å². The Hall–Kier alpha value is -2.27. The summed E-state index contributed by atoms with van der Waals surface area (Å²) in [5.41, 5.74) is 3.19. The van der Waals surface area contributed by atoms with Crippen LogP contribution >= 0.6 is 0 Å². The van der Waals surface area contributed by atoms with Crippen LogP contribution in [0, 0.1) is 5.92 Å². The number of hydrogen-bond acceptors (Lipinski definition) is 3. The minimum atomic E-state index is -0.316. The van der Waals surface area contributed by atoms with Gasteiger partial charge < -0.3 is 20.3 Å². The van der Waals surface area contributed by atoms with Crippen molar-refractivity contribution in [3.05, 3.63) is 42.6 Å². The zero-order valence-corrected chi connectivity index (χ0v) is 14.2. The van der Waals surface area contributed by atoms with E-state index in [2.05, 4.69) is 27.8 Å². The van der Waals surface area contributed by atoms with Crippen molar-refractivity contribution >= 4 is 22.5 Å². The van der Waals surface area contributed by atoms with Crippen molar-refractivity contribution in [1.82, 2.24) is 10.3 Å². The second-order valence-corrected chi connectivity index (χ2v) is 6.74. The molecule has 1 aromatic heterocycles. The van der Waals surface area contributed by atoms with Gasteiger partial charge in [-0.15, -0.1) is 6.58 Å². The maximum atomic E-state index is 12.9. The van der Waals surface area contributed by atoms with Crippen LogP contribution < -0.4 is 10.2 Å². The smallest absolute Gasteiger partial charge is 0.243 e. The van der Waals surface area contributed by atoms with Gasteiger partial charge >= 0.3 is 0 Å². The predicted molar refractivity (Wildman–Crippen MR) is 97.2 cm³/mol. The van der Waals surface area contributed by atoms with Gasteiger partial charge in [0.15, 0.2) is 0 Å². The lowest BCUT2D eigenvalue weighted by Crippen LogP contribution is -2.53. The summed E-state index contributed by atoms with van der Waals surface area (Å²) in [4.78, 5) is 18.3. The monoisotopic (exact) mass is 327 g/mol. The van der Waals surface area contributed by atoms with Crippen molar-refractivity contribution in [1.29, 1.82) is 0 Å². The molecule has 0 radical (unpaired) electrons. The average Bonchev–Trinajstić information content (AvgIpc) is 2.97. The minimum absolute atomic E-state index is 0.0444. The molecule has 0 unspecified atom stereocenters. The highest BCUT2D eigenvalue weighted by atomic mass is 16.3. The fraction of sp³-hybridized carbons (Fsp3) is 0.421. The second-order valence-electron chi connectivity index (χ2n) is 6.74. The van der Waals surface area contributed by atoms with Crippen LogP contribution in [0.15, 0.2) is 37.1 Å². The van der Waals surface area contributed by atoms with Gasteiger partial charge in [-0.2, -0.15) is 0 Å². The molecule has 5 heteroatoms. The Labute approximate surface area is 142 Å². The molecule has 0 spiro atoms. The van der Waals surface area contributed by atoms with E-state index in [9.17, 15) is 9.90 Å². The fourth-order valence-corrected chi connectivity index (χ4v) is 3.65. The zero-order chi connectivity index (χ0) is 17.3. The van der Waals surface area contributed by atoms with Gasteiger partial charge in [0.2, 0.25) is 5.91 Å². The summed E-state index contributed by atoms with van der Waals surface area (Å²) in [5.74, 6) is 0.0806. The molecule has 0 bridgehead atoms. The number of aliphatic hydroxyl groups excluding tert-OH is 1. The Morgan fingerprint density at radius 2 is 2.25 bits per heavy atom. The minimum Gasteiger partial charge on any atom is -0.394 e. The normalized spacial score (nSPS) is 21.3. The molecule has 24 heavy (non-hydrogen) atoms. The molecule has 128 valence electrons. The third-order valence-electron chi connectivity index (χ3n) is 4.67. The predicted octanol–water partition coefficient (Wildman–Crippen LogP) is 2.22. The number of H-pyrrole nitrogens is 1. The first-order valence-electron chi connectivity index (χ1n) is 8.44. The summed E-state index contributed by atoms with van der Waals surface area (Å²) >= 11 is 0. The Morgan fingerprint density at radius 1 is 1.46 bits per heavy atom. The first-order chi connectivity index (χ1) is 11.6. The number of nitrogens with zero attached hydrogens (tertiary/aromatic N) is 1. The van der Waals surface area contributed by atoms with Gasteiger partial charge in [-0.3, -0.25) is 4.79 Å². The summed E-state index contributed by atoms with van der Waals surface area (Å²) in [6.07, 6.45) is 4.41. The maximum absolute atomic E-state index is 12.9. The molecule has 5 nitrogen and oxygen atoms in total. The van der Waals surface area contributed by atoms with E-state index in [1.807, 2.05) is 38.3 Å². The van der Waals surface area contributed by atoms with Gasteiger partial charge in [0.1, 0.15) is 6.04 Å². The van der Waals surface area contributed by atoms with Crippen molar-refractivity contribution in [3.8, 4) is 0 Å². The third kappa shape index (κ3) is 2.80. The summed E-state index contributed by atoms with van der Waals surface area (Å²) in [7, 11) is 0. The molecule has 0 saturated carbocycles. The van der Waals surface area contributed by atoms with Crippen molar-refractivity contribution in [2.45, 2.75) is 32.4 Å². The van der Waals surface area contributed by atoms with Crippen molar-refractivity contribution in [2.24, 2.45) is 5.92 Å². The lowest BCUT2D eigenvalue weighted by molar-refractivity contribution is -0.124. The number of aromatic nitrogens is 1. The van der Waals surface area contributed by atoms with E-state index < -0.39 is 0 Å². The van der Waals surface area contributed by atoms with Crippen molar-refractivity contribution in [3.63, 3.8) is 0 Å². The molecular formula is C19H25N3O2. The molecule has 0 fully saturated rings. The van der Waals surface area contributed by atoms with Gasteiger partial charge in [0.05, 0.1) is 12.6 Å². The van der Waals surface area contributed by atoms with Crippen LogP contribution in [0.25, 0.3) is 10.9 Å². The van der Waals surface area contributed by atoms with Gasteiger partial charge in [-0.1, -0.05) is 26.0 Å². The Kier molecular flexibility index (Phi) is 4.62. The van der Waals surface area contributed by atoms with Crippen molar-refractivity contribution < 1.29 is 9.90 Å². The molecule has 1 amide bonds. The molecule has 0 aliphatic carbocycles. The molecular weight excluding hydrogens is 302 g/mol. The first-order valence-corrected chi connectivity index (χ1v) is 8.44. The number of rotatable bonds is 4. The number of amides is 1. The topological polar surface area (TPSA) is 68.4 Å². The number of carbonyl (C=O) groups excluding carboxylic acids is 1. The lowest BCUT2D eigenvalue weighted by atomic mass is 9.99. The Morgan fingerprint density at radius 3 is 2.92 bits per heavy atom. The van der Waals surface area contributed by atoms with Crippen LogP contribution in [0.4, 0.5) is 5.69 Å². The number of nitrogens with one attached hydrogen (secondary N) is 2. The molecule has 2 atom stereocenters. The van der Waals surface area contributed by atoms with E-state index in [-0.39, 0.29) is 30.5 Å². The standard InChI is InChI=1S/C19H25N3O2/c1-4-8-22-16-7-5-6-15-17(16)13(10-20-15)9-14(11-23)21-19(24)18(22)12(2)3/h4-7,10,12,14,18,20,23H,1,8-9,11H2,2-3H3,(H,21,24)/t14-,18-/m0/s1. The van der Waals surface area contributed by atoms with Crippen LogP contribution in [0.1, 0.15) is 19.4 Å². The number of hydrogen-bond donors (Lipinski definition) is 3. The van der Waals surface area contributed by atoms with Crippen LogP contribution in [0.3, 0.4) is 0 Å². The highest BCUT2D eigenvalue weighted by Crippen LogP contribution is 2.34. The van der Waals surface area contributed by atoms with Gasteiger partial charge in [0.25, 0.3) is 0 Å². The molecule has 3 rings (SSSR count). The molecule has 1 aliphatic rings. The van der Waals surface area contributed by atoms with Crippen LogP contribution in [0.5, 0.6) is 0 Å². The van der Waals surface area contributed by atoms with Gasteiger partial charge in [0, 0.05) is 29.3 Å². The number of aliphatic hydroxyl groups is 1. The third-order valence-corrected chi connectivity index (χ3v) is 4.67. The first kappa shape index (κ1) is 16.6. The van der Waals surface area contributed by atoms with Gasteiger partial charge in [-0.05, 0) is 30.0 Å². The number of anilines is 1. The molecule has 0 saturated heterocycles. The lowest BCUT2D eigenvalue weighted by Gasteiger charge is -2.35. The van der Waals surface area contributed by atoms with Crippen LogP contribution in [-0.4, -0.2) is 41.2 Å². The summed E-state index contributed by atoms with van der Waals surface area (Å²) < 4.78 is 0. The zero-order valence-electron chi connectivity index (χ0n) is 14.2. The number of aromatic amines is 1. The van der Waals surface area contributed by atoms with E-state index in [1.54, 1.807) is 0 Å². The molecule has 2 heterocycles. The largest absolute Gasteiger partial charge is 0.394 e. The second kappa shape index (κ2) is 6.69.